The Kier molecular flexibility index (Phi) is 5.47. The summed E-state index contributed by atoms with van der Waals surface area (Å²) in [5, 5.41) is 13.4. The first kappa shape index (κ1) is 15.1. The van der Waals surface area contributed by atoms with Gasteiger partial charge in [0.2, 0.25) is 0 Å². The van der Waals surface area contributed by atoms with Crippen LogP contribution in [-0.2, 0) is 0 Å². The van der Waals surface area contributed by atoms with Gasteiger partial charge >= 0.3 is 0 Å². The zero-order valence-corrected chi connectivity index (χ0v) is 12.8. The minimum absolute atomic E-state index is 0.184. The molecule has 110 valence electrons. The third-order valence-electron chi connectivity index (χ3n) is 5.07. The van der Waals surface area contributed by atoms with Crippen LogP contribution in [0.2, 0.25) is 0 Å². The molecular weight excluding hydrogens is 234 g/mol. The Morgan fingerprint density at radius 3 is 2.68 bits per heavy atom. The number of hydrogen-bond acceptors (Lipinski definition) is 2. The quantitative estimate of drug-likeness (QED) is 0.746. The van der Waals surface area contributed by atoms with E-state index in [0.717, 1.165) is 24.9 Å². The van der Waals surface area contributed by atoms with Crippen LogP contribution in [0.5, 0.6) is 0 Å². The molecule has 0 amide bonds. The first-order chi connectivity index (χ1) is 9.13. The van der Waals surface area contributed by atoms with Gasteiger partial charge in [-0.2, -0.15) is 0 Å². The van der Waals surface area contributed by atoms with E-state index in [1.165, 1.54) is 44.9 Å². The average Bonchev–Trinajstić information content (AvgIpc) is 2.39. The highest BCUT2D eigenvalue weighted by molar-refractivity contribution is 5.06. The van der Waals surface area contributed by atoms with E-state index in [1.54, 1.807) is 5.57 Å². The van der Waals surface area contributed by atoms with E-state index >= 15 is 0 Å². The minimum Gasteiger partial charge on any atom is -0.396 e. The molecule has 2 aliphatic carbocycles. The molecule has 2 rings (SSSR count). The second kappa shape index (κ2) is 6.90. The fraction of sp³-hybridized carbons (Fsp3) is 0.882. The number of aliphatic hydroxyl groups is 1. The zero-order chi connectivity index (χ0) is 13.7. The zero-order valence-electron chi connectivity index (χ0n) is 12.8. The number of hydrogen-bond donors (Lipinski definition) is 2. The summed E-state index contributed by atoms with van der Waals surface area (Å²) in [6, 6.07) is 0. The largest absolute Gasteiger partial charge is 0.396 e. The molecule has 2 N–H and O–H groups in total. The van der Waals surface area contributed by atoms with E-state index in [1.807, 2.05) is 0 Å². The Labute approximate surface area is 118 Å². The molecule has 2 unspecified atom stereocenters. The number of aliphatic hydroxyl groups excluding tert-OH is 1. The smallest absolute Gasteiger partial charge is 0.0499 e. The van der Waals surface area contributed by atoms with Gasteiger partial charge in [-0.25, -0.2) is 0 Å². The number of rotatable bonds is 5. The molecule has 0 saturated heterocycles. The summed E-state index contributed by atoms with van der Waals surface area (Å²) in [4.78, 5) is 0. The molecule has 0 aromatic carbocycles. The van der Waals surface area contributed by atoms with Crippen molar-refractivity contribution in [3.8, 4) is 0 Å². The molecule has 0 radical (unpaired) electrons. The topological polar surface area (TPSA) is 32.3 Å². The third-order valence-corrected chi connectivity index (χ3v) is 5.07. The van der Waals surface area contributed by atoms with Gasteiger partial charge in [0.15, 0.2) is 0 Å². The van der Waals surface area contributed by atoms with Gasteiger partial charge in [0, 0.05) is 18.6 Å². The van der Waals surface area contributed by atoms with E-state index in [2.05, 4.69) is 25.2 Å². The van der Waals surface area contributed by atoms with Crippen LogP contribution in [0.3, 0.4) is 0 Å². The van der Waals surface area contributed by atoms with Crippen LogP contribution < -0.4 is 5.32 Å². The van der Waals surface area contributed by atoms with E-state index in [4.69, 9.17) is 0 Å². The van der Waals surface area contributed by atoms with Crippen molar-refractivity contribution < 1.29 is 5.11 Å². The molecule has 1 fully saturated rings. The van der Waals surface area contributed by atoms with Crippen molar-refractivity contribution >= 4 is 0 Å². The van der Waals surface area contributed by atoms with Gasteiger partial charge in [-0.15, -0.1) is 0 Å². The van der Waals surface area contributed by atoms with Crippen LogP contribution >= 0.6 is 0 Å². The van der Waals surface area contributed by atoms with Gasteiger partial charge in [0.1, 0.15) is 0 Å². The molecule has 2 heteroatoms. The fourth-order valence-electron chi connectivity index (χ4n) is 4.08. The standard InChI is InChI=1S/C17H31NO/c1-14-8-15(2)10-16(9-14)11-18-12-17(13-19)6-4-3-5-7-17/h8,14,16,18-19H,3-7,9-13H2,1-2H3. The predicted octanol–water partition coefficient (Wildman–Crippen LogP) is 3.51. The summed E-state index contributed by atoms with van der Waals surface area (Å²) in [6.45, 7) is 7.08. The molecule has 1 saturated carbocycles. The van der Waals surface area contributed by atoms with Crippen molar-refractivity contribution in [3.63, 3.8) is 0 Å². The monoisotopic (exact) mass is 265 g/mol. The molecule has 0 aromatic heterocycles. The molecule has 0 aliphatic heterocycles. The molecule has 2 nitrogen and oxygen atoms in total. The predicted molar refractivity (Wildman–Crippen MR) is 81.1 cm³/mol. The molecule has 0 spiro atoms. The van der Waals surface area contributed by atoms with Crippen molar-refractivity contribution in [3.05, 3.63) is 11.6 Å². The SMILES string of the molecule is CC1=CC(C)CC(CNCC2(CO)CCCCC2)C1. The van der Waals surface area contributed by atoms with Crippen molar-refractivity contribution in [1.29, 1.82) is 0 Å². The van der Waals surface area contributed by atoms with E-state index in [0.29, 0.717) is 6.61 Å². The van der Waals surface area contributed by atoms with E-state index in [-0.39, 0.29) is 5.41 Å². The highest BCUT2D eigenvalue weighted by Gasteiger charge is 2.31. The Hall–Kier alpha value is -0.340. The molecular formula is C17H31NO. The highest BCUT2D eigenvalue weighted by Crippen LogP contribution is 2.35. The first-order valence-corrected chi connectivity index (χ1v) is 8.12. The van der Waals surface area contributed by atoms with Crippen LogP contribution in [0, 0.1) is 17.3 Å². The molecule has 2 atom stereocenters. The Morgan fingerprint density at radius 1 is 1.32 bits per heavy atom. The molecule has 0 heterocycles. The van der Waals surface area contributed by atoms with E-state index in [9.17, 15) is 5.11 Å². The third kappa shape index (κ3) is 4.32. The maximum absolute atomic E-state index is 9.71. The first-order valence-electron chi connectivity index (χ1n) is 8.12. The van der Waals surface area contributed by atoms with Gasteiger partial charge < -0.3 is 10.4 Å². The Balaban J connectivity index is 1.75. The fourth-order valence-corrected chi connectivity index (χ4v) is 4.08. The van der Waals surface area contributed by atoms with Crippen LogP contribution in [0.25, 0.3) is 0 Å². The number of nitrogens with one attached hydrogen (secondary N) is 1. The lowest BCUT2D eigenvalue weighted by atomic mass is 9.74. The van der Waals surface area contributed by atoms with Gasteiger partial charge in [0.25, 0.3) is 0 Å². The van der Waals surface area contributed by atoms with Crippen molar-refractivity contribution in [1.82, 2.24) is 5.32 Å². The summed E-state index contributed by atoms with van der Waals surface area (Å²) in [5.74, 6) is 1.53. The summed E-state index contributed by atoms with van der Waals surface area (Å²) < 4.78 is 0. The lowest BCUT2D eigenvalue weighted by Crippen LogP contribution is -2.41. The van der Waals surface area contributed by atoms with Crippen molar-refractivity contribution in [2.24, 2.45) is 17.3 Å². The number of allylic oxidation sites excluding steroid dienone is 2. The molecule has 0 bridgehead atoms. The van der Waals surface area contributed by atoms with Crippen molar-refractivity contribution in [2.75, 3.05) is 19.7 Å². The average molecular weight is 265 g/mol. The summed E-state index contributed by atoms with van der Waals surface area (Å²) in [6.07, 6.45) is 11.3. The van der Waals surface area contributed by atoms with Gasteiger partial charge in [-0.3, -0.25) is 0 Å². The summed E-state index contributed by atoms with van der Waals surface area (Å²) in [7, 11) is 0. The van der Waals surface area contributed by atoms with Gasteiger partial charge in [0.05, 0.1) is 0 Å². The van der Waals surface area contributed by atoms with Crippen LogP contribution in [0.4, 0.5) is 0 Å². The van der Waals surface area contributed by atoms with Crippen LogP contribution in [0.1, 0.15) is 58.8 Å². The van der Waals surface area contributed by atoms with Gasteiger partial charge in [-0.05, 0) is 51.0 Å². The lowest BCUT2D eigenvalue weighted by molar-refractivity contribution is 0.0800. The van der Waals surface area contributed by atoms with Crippen molar-refractivity contribution in [2.45, 2.75) is 58.8 Å². The lowest BCUT2D eigenvalue weighted by Gasteiger charge is -2.36. The molecule has 19 heavy (non-hydrogen) atoms. The Morgan fingerprint density at radius 2 is 2.05 bits per heavy atom. The van der Waals surface area contributed by atoms with Crippen LogP contribution in [-0.4, -0.2) is 24.8 Å². The second-order valence-corrected chi connectivity index (χ2v) is 7.15. The van der Waals surface area contributed by atoms with Gasteiger partial charge in [-0.1, -0.05) is 37.8 Å². The maximum Gasteiger partial charge on any atom is 0.0499 e. The normalized spacial score (nSPS) is 31.0. The minimum atomic E-state index is 0.184. The molecule has 0 aromatic rings. The summed E-state index contributed by atoms with van der Waals surface area (Å²) in [5.41, 5.74) is 1.74. The maximum atomic E-state index is 9.71. The Bertz CT molecular complexity index is 304. The molecule has 2 aliphatic rings. The second-order valence-electron chi connectivity index (χ2n) is 7.15. The van der Waals surface area contributed by atoms with E-state index < -0.39 is 0 Å². The highest BCUT2D eigenvalue weighted by atomic mass is 16.3. The summed E-state index contributed by atoms with van der Waals surface area (Å²) >= 11 is 0. The van der Waals surface area contributed by atoms with Crippen LogP contribution in [0.15, 0.2) is 11.6 Å².